The minimum atomic E-state index is -1.04. The Morgan fingerprint density at radius 2 is 1.00 bits per heavy atom. The van der Waals surface area contributed by atoms with Crippen molar-refractivity contribution < 1.29 is 20.4 Å². The summed E-state index contributed by atoms with van der Waals surface area (Å²) in [5, 5.41) is 36.7. The van der Waals surface area contributed by atoms with Crippen molar-refractivity contribution in [1.82, 2.24) is 0 Å². The molecule has 1 rings (SSSR count). The summed E-state index contributed by atoms with van der Waals surface area (Å²) in [4.78, 5) is 0. The quantitative estimate of drug-likeness (QED) is 0.435. The summed E-state index contributed by atoms with van der Waals surface area (Å²) in [7, 11) is 0. The molecular weight excluding hydrogens is 160 g/mol. The van der Waals surface area contributed by atoms with Crippen molar-refractivity contribution in [1.29, 1.82) is 0 Å². The molecule has 0 saturated heterocycles. The van der Waals surface area contributed by atoms with Crippen LogP contribution in [0, 0.1) is 0 Å². The van der Waals surface area contributed by atoms with Crippen molar-refractivity contribution in [2.75, 3.05) is 13.2 Å². The molecule has 0 radical (unpaired) electrons. The fourth-order valence-electron chi connectivity index (χ4n) is 1.50. The van der Waals surface area contributed by atoms with Gasteiger partial charge in [0.15, 0.2) is 0 Å². The van der Waals surface area contributed by atoms with E-state index in [1.807, 2.05) is 0 Å². The molecule has 72 valence electrons. The van der Waals surface area contributed by atoms with Crippen molar-refractivity contribution in [3.8, 4) is 0 Å². The van der Waals surface area contributed by atoms with Crippen LogP contribution >= 0.6 is 0 Å². The molecule has 1 aliphatic rings. The summed E-state index contributed by atoms with van der Waals surface area (Å²) in [5.74, 6) is 0. The normalized spacial score (nSPS) is 43.0. The van der Waals surface area contributed by atoms with Crippen molar-refractivity contribution >= 4 is 0 Å². The molecule has 4 nitrogen and oxygen atoms in total. The van der Waals surface area contributed by atoms with Gasteiger partial charge in [-0.05, 0) is 25.7 Å². The van der Waals surface area contributed by atoms with Crippen molar-refractivity contribution in [3.63, 3.8) is 0 Å². The molecule has 0 aromatic carbocycles. The van der Waals surface area contributed by atoms with E-state index in [9.17, 15) is 10.2 Å². The molecule has 0 spiro atoms. The number of hydrogen-bond donors (Lipinski definition) is 4. The van der Waals surface area contributed by atoms with Crippen LogP contribution in [0.25, 0.3) is 0 Å². The number of aliphatic hydroxyl groups is 4. The summed E-state index contributed by atoms with van der Waals surface area (Å²) in [6, 6.07) is 0. The van der Waals surface area contributed by atoms with Crippen LogP contribution in [0.3, 0.4) is 0 Å². The van der Waals surface area contributed by atoms with E-state index in [0.29, 0.717) is 25.7 Å². The molecule has 0 heterocycles. The maximum Gasteiger partial charge on any atom is 0.0879 e. The van der Waals surface area contributed by atoms with E-state index in [4.69, 9.17) is 10.2 Å². The van der Waals surface area contributed by atoms with Crippen LogP contribution in [0.2, 0.25) is 0 Å². The predicted octanol–water partition coefficient (Wildman–Crippen LogP) is -0.993. The summed E-state index contributed by atoms with van der Waals surface area (Å²) < 4.78 is 0. The van der Waals surface area contributed by atoms with E-state index in [2.05, 4.69) is 0 Å². The van der Waals surface area contributed by atoms with Gasteiger partial charge in [-0.3, -0.25) is 0 Å². The average Bonchev–Trinajstić information content (AvgIpc) is 2.11. The zero-order valence-electron chi connectivity index (χ0n) is 7.03. The van der Waals surface area contributed by atoms with Gasteiger partial charge in [0.25, 0.3) is 0 Å². The fraction of sp³-hybridized carbons (Fsp3) is 1.00. The van der Waals surface area contributed by atoms with Gasteiger partial charge in [0.05, 0.1) is 24.4 Å². The minimum Gasteiger partial charge on any atom is -0.393 e. The first-order valence-corrected chi connectivity index (χ1v) is 4.20. The summed E-state index contributed by atoms with van der Waals surface area (Å²) in [5.41, 5.74) is -2.08. The molecule has 0 bridgehead atoms. The van der Waals surface area contributed by atoms with Crippen LogP contribution in [0.1, 0.15) is 25.7 Å². The van der Waals surface area contributed by atoms with Gasteiger partial charge in [0, 0.05) is 0 Å². The zero-order chi connectivity index (χ0) is 9.24. The van der Waals surface area contributed by atoms with Gasteiger partial charge < -0.3 is 20.4 Å². The molecule has 1 saturated carbocycles. The minimum absolute atomic E-state index is 0.269. The highest BCUT2D eigenvalue weighted by Gasteiger charge is 2.39. The molecule has 0 aromatic heterocycles. The Morgan fingerprint density at radius 3 is 1.17 bits per heavy atom. The Balaban J connectivity index is 2.49. The lowest BCUT2D eigenvalue weighted by molar-refractivity contribution is -0.117. The van der Waals surface area contributed by atoms with Crippen molar-refractivity contribution in [2.24, 2.45) is 0 Å². The predicted molar refractivity (Wildman–Crippen MR) is 42.5 cm³/mol. The molecule has 0 aliphatic heterocycles. The van der Waals surface area contributed by atoms with Crippen LogP contribution in [0.15, 0.2) is 0 Å². The van der Waals surface area contributed by atoms with E-state index in [1.165, 1.54) is 0 Å². The SMILES string of the molecule is OCC1(O)CCC(O)(CO)CC1. The maximum absolute atomic E-state index is 9.56. The van der Waals surface area contributed by atoms with Crippen LogP contribution < -0.4 is 0 Å². The van der Waals surface area contributed by atoms with E-state index in [-0.39, 0.29) is 13.2 Å². The van der Waals surface area contributed by atoms with Crippen LogP contribution in [0.4, 0.5) is 0 Å². The highest BCUT2D eigenvalue weighted by atomic mass is 16.3. The lowest BCUT2D eigenvalue weighted by Gasteiger charge is -2.38. The van der Waals surface area contributed by atoms with E-state index < -0.39 is 11.2 Å². The molecule has 1 aliphatic carbocycles. The van der Waals surface area contributed by atoms with Gasteiger partial charge in [-0.1, -0.05) is 0 Å². The topological polar surface area (TPSA) is 80.9 Å². The Kier molecular flexibility index (Phi) is 2.73. The standard InChI is InChI=1S/C8H16O4/c9-5-7(11)1-2-8(12,6-10)4-3-7/h9-12H,1-6H2. The molecule has 4 N–H and O–H groups in total. The smallest absolute Gasteiger partial charge is 0.0879 e. The second kappa shape index (κ2) is 3.30. The first kappa shape index (κ1) is 9.92. The molecule has 0 atom stereocenters. The third kappa shape index (κ3) is 1.95. The molecule has 0 unspecified atom stereocenters. The molecule has 0 aromatic rings. The monoisotopic (exact) mass is 176 g/mol. The van der Waals surface area contributed by atoms with E-state index in [0.717, 1.165) is 0 Å². The van der Waals surface area contributed by atoms with Crippen LogP contribution in [-0.2, 0) is 0 Å². The molecular formula is C8H16O4. The summed E-state index contributed by atoms with van der Waals surface area (Å²) in [6.07, 6.45) is 1.39. The van der Waals surface area contributed by atoms with Gasteiger partial charge in [0.2, 0.25) is 0 Å². The largest absolute Gasteiger partial charge is 0.393 e. The lowest BCUT2D eigenvalue weighted by atomic mass is 9.77. The van der Waals surface area contributed by atoms with E-state index >= 15 is 0 Å². The lowest BCUT2D eigenvalue weighted by Crippen LogP contribution is -2.46. The molecule has 1 fully saturated rings. The first-order chi connectivity index (χ1) is 5.54. The van der Waals surface area contributed by atoms with Crippen LogP contribution in [0.5, 0.6) is 0 Å². The number of rotatable bonds is 2. The van der Waals surface area contributed by atoms with Gasteiger partial charge >= 0.3 is 0 Å². The van der Waals surface area contributed by atoms with Crippen molar-refractivity contribution in [3.05, 3.63) is 0 Å². The van der Waals surface area contributed by atoms with Gasteiger partial charge in [0.1, 0.15) is 0 Å². The number of hydrogen-bond acceptors (Lipinski definition) is 4. The highest BCUT2D eigenvalue weighted by Crippen LogP contribution is 2.34. The second-order valence-electron chi connectivity index (χ2n) is 3.76. The number of aliphatic hydroxyl groups excluding tert-OH is 2. The van der Waals surface area contributed by atoms with Crippen molar-refractivity contribution in [2.45, 2.75) is 36.9 Å². The van der Waals surface area contributed by atoms with Gasteiger partial charge in [-0.15, -0.1) is 0 Å². The first-order valence-electron chi connectivity index (χ1n) is 4.20. The van der Waals surface area contributed by atoms with Gasteiger partial charge in [-0.2, -0.15) is 0 Å². The highest BCUT2D eigenvalue weighted by molar-refractivity contribution is 4.92. The molecule has 4 heteroatoms. The summed E-state index contributed by atoms with van der Waals surface area (Å²) in [6.45, 7) is -0.539. The molecule has 0 amide bonds. The van der Waals surface area contributed by atoms with Crippen LogP contribution in [-0.4, -0.2) is 44.8 Å². The van der Waals surface area contributed by atoms with E-state index in [1.54, 1.807) is 0 Å². The zero-order valence-corrected chi connectivity index (χ0v) is 7.03. The maximum atomic E-state index is 9.56. The third-order valence-corrected chi connectivity index (χ3v) is 2.70. The second-order valence-corrected chi connectivity index (χ2v) is 3.76. The summed E-state index contributed by atoms with van der Waals surface area (Å²) >= 11 is 0. The fourth-order valence-corrected chi connectivity index (χ4v) is 1.50. The molecule has 12 heavy (non-hydrogen) atoms. The Hall–Kier alpha value is -0.160. The Morgan fingerprint density at radius 1 is 0.750 bits per heavy atom. The Labute approximate surface area is 71.5 Å². The Bertz CT molecular complexity index is 131. The van der Waals surface area contributed by atoms with Gasteiger partial charge in [-0.25, -0.2) is 0 Å². The average molecular weight is 176 g/mol. The third-order valence-electron chi connectivity index (χ3n) is 2.70.